The molecule has 0 aromatic carbocycles. The molecule has 0 rings (SSSR count). The van der Waals surface area contributed by atoms with E-state index in [4.69, 9.17) is 16.6 Å². The molecule has 0 saturated carbocycles. The Kier molecular flexibility index (Phi) is 61.7. The number of halogens is 2. The maximum absolute atomic E-state index is 10.8. The summed E-state index contributed by atoms with van der Waals surface area (Å²) in [4.78, 5) is 21.1. The zero-order chi connectivity index (χ0) is 25.6. The first-order valence-corrected chi connectivity index (χ1v) is 14.0. The van der Waals surface area contributed by atoms with E-state index >= 15 is 0 Å². The Balaban J connectivity index is -0.0000000942. The summed E-state index contributed by atoms with van der Waals surface area (Å²) < 4.78 is 0. The van der Waals surface area contributed by atoms with Crippen LogP contribution in [0.25, 0.3) is 11.5 Å². The van der Waals surface area contributed by atoms with E-state index in [2.05, 4.69) is 20.8 Å². The van der Waals surface area contributed by atoms with Gasteiger partial charge in [0.05, 0.1) is 5.91 Å². The van der Waals surface area contributed by atoms with Gasteiger partial charge in [0.15, 0.2) is 0 Å². The summed E-state index contributed by atoms with van der Waals surface area (Å²) in [5.41, 5.74) is 13.7. The van der Waals surface area contributed by atoms with Gasteiger partial charge >= 0.3 is 21.7 Å². The molecule has 0 spiro atoms. The van der Waals surface area contributed by atoms with Crippen LogP contribution in [0.2, 0.25) is 0 Å². The SMILES string of the molecule is CCCCCCCCC(CC)C([NH-])=O.CCCCCCCCCC([NH-])=O.CCCCCCO.[Cl-].[Cl-].[Ti+4]. The van der Waals surface area contributed by atoms with Crippen molar-refractivity contribution < 1.29 is 61.2 Å². The average molecular weight is 590 g/mol. The molecule has 0 aliphatic heterocycles. The first kappa shape index (κ1) is 49.2. The van der Waals surface area contributed by atoms with Crippen LogP contribution in [0.15, 0.2) is 0 Å². The fourth-order valence-electron chi connectivity index (χ4n) is 3.47. The zero-order valence-corrected chi connectivity index (χ0v) is 27.0. The summed E-state index contributed by atoms with van der Waals surface area (Å²) in [5.74, 6) is -0.786. The van der Waals surface area contributed by atoms with Gasteiger partial charge in [-0.15, -0.1) is 0 Å². The maximum atomic E-state index is 10.8. The van der Waals surface area contributed by atoms with Crippen molar-refractivity contribution in [3.05, 3.63) is 11.5 Å². The van der Waals surface area contributed by atoms with Crippen LogP contribution in [0.4, 0.5) is 0 Å². The summed E-state index contributed by atoms with van der Waals surface area (Å²) in [6.07, 6.45) is 22.9. The zero-order valence-electron chi connectivity index (χ0n) is 23.9. The fraction of sp³-hybridized carbons (Fsp3) is 0.929. The molecule has 3 N–H and O–H groups in total. The molecule has 5 nitrogen and oxygen atoms in total. The molecule has 0 fully saturated rings. The van der Waals surface area contributed by atoms with Crippen molar-refractivity contribution in [2.45, 2.75) is 156 Å². The molecule has 216 valence electrons. The van der Waals surface area contributed by atoms with E-state index in [-0.39, 0.29) is 58.4 Å². The predicted molar refractivity (Wildman–Crippen MR) is 144 cm³/mol. The van der Waals surface area contributed by atoms with Gasteiger partial charge in [0.2, 0.25) is 0 Å². The topological polar surface area (TPSA) is 102 Å². The second-order valence-corrected chi connectivity index (χ2v) is 9.10. The van der Waals surface area contributed by atoms with Crippen molar-refractivity contribution in [3.8, 4) is 0 Å². The van der Waals surface area contributed by atoms with E-state index in [1.165, 1.54) is 83.5 Å². The molecule has 1 unspecified atom stereocenters. The van der Waals surface area contributed by atoms with Gasteiger partial charge in [0.1, 0.15) is 0 Å². The second-order valence-electron chi connectivity index (χ2n) is 9.10. The normalized spacial score (nSPS) is 10.1. The van der Waals surface area contributed by atoms with Crippen LogP contribution in [0, 0.1) is 5.92 Å². The summed E-state index contributed by atoms with van der Waals surface area (Å²) in [6, 6.07) is 0. The number of aliphatic hydroxyl groups is 1. The van der Waals surface area contributed by atoms with Crippen molar-refractivity contribution in [2.24, 2.45) is 5.92 Å². The molecule has 8 heteroatoms. The van der Waals surface area contributed by atoms with Crippen LogP contribution in [-0.2, 0) is 31.3 Å². The van der Waals surface area contributed by atoms with E-state index in [1.54, 1.807) is 0 Å². The second kappa shape index (κ2) is 45.1. The average Bonchev–Trinajstić information content (AvgIpc) is 2.79. The third-order valence-corrected chi connectivity index (χ3v) is 5.79. The van der Waals surface area contributed by atoms with Crippen LogP contribution in [0.3, 0.4) is 0 Å². The minimum absolute atomic E-state index is 0. The maximum Gasteiger partial charge on any atom is 4.00 e. The van der Waals surface area contributed by atoms with Crippen molar-refractivity contribution in [2.75, 3.05) is 6.61 Å². The van der Waals surface area contributed by atoms with Gasteiger partial charge in [0, 0.05) is 12.5 Å². The molecule has 0 radical (unpaired) electrons. The van der Waals surface area contributed by atoms with Crippen LogP contribution in [0.1, 0.15) is 156 Å². The first-order chi connectivity index (χ1) is 15.9. The van der Waals surface area contributed by atoms with Gasteiger partial charge in [-0.1, -0.05) is 124 Å². The molecular weight excluding hydrogens is 531 g/mol. The monoisotopic (exact) mass is 588 g/mol. The number of aliphatic hydroxyl groups excluding tert-OH is 1. The van der Waals surface area contributed by atoms with E-state index in [0.29, 0.717) is 13.0 Å². The number of carbonyl (C=O) groups is 2. The Labute approximate surface area is 252 Å². The van der Waals surface area contributed by atoms with Crippen LogP contribution in [0.5, 0.6) is 0 Å². The largest absolute Gasteiger partial charge is 4.00 e. The smallest absolute Gasteiger partial charge is 1.00 e. The molecule has 0 aromatic rings. The third-order valence-electron chi connectivity index (χ3n) is 5.79. The predicted octanol–water partition coefficient (Wildman–Crippen LogP) is 3.61. The molecule has 0 heterocycles. The molecule has 1 atom stereocenters. The first-order valence-electron chi connectivity index (χ1n) is 14.0. The quantitative estimate of drug-likeness (QED) is 0.164. The van der Waals surface area contributed by atoms with Gasteiger partial charge in [-0.05, 0) is 38.0 Å². The third kappa shape index (κ3) is 50.9. The van der Waals surface area contributed by atoms with Crippen molar-refractivity contribution >= 4 is 11.8 Å². The number of nitrogens with one attached hydrogen (secondary N) is 2. The Morgan fingerprint density at radius 1 is 0.611 bits per heavy atom. The number of hydrogen-bond acceptors (Lipinski definition) is 3. The molecule has 0 bridgehead atoms. The van der Waals surface area contributed by atoms with Crippen LogP contribution in [-0.4, -0.2) is 23.5 Å². The number of carbonyl (C=O) groups excluding carboxylic acids is 2. The minimum atomic E-state index is -0.413. The summed E-state index contributed by atoms with van der Waals surface area (Å²) in [7, 11) is 0. The fourth-order valence-corrected chi connectivity index (χ4v) is 3.47. The molecule has 2 amide bonds. The van der Waals surface area contributed by atoms with E-state index in [9.17, 15) is 9.59 Å². The standard InChI is InChI=1S/C12H25NO.C10H21NO.C6H14O.2ClH.Ti/c1-3-5-6-7-8-9-10-11(4-2)12(13)14;1-2-3-4-5-6-7-8-9-10(11)12;1-2-3-4-5-6-7;;;/h11H,3-10H2,1-2H3,(H2,13,14);2-9H2,1H3,(H2,11,12);7H,2-6H2,1H3;2*1H;/q;;;;;+4/p-4. The van der Waals surface area contributed by atoms with Gasteiger partial charge in [-0.2, -0.15) is 0 Å². The minimum Gasteiger partial charge on any atom is -1.00 e. The molecule has 0 saturated heterocycles. The Morgan fingerprint density at radius 3 is 1.31 bits per heavy atom. The van der Waals surface area contributed by atoms with E-state index in [1.807, 2.05) is 6.92 Å². The summed E-state index contributed by atoms with van der Waals surface area (Å²) >= 11 is 0. The molecule has 36 heavy (non-hydrogen) atoms. The number of hydrogen-bond donors (Lipinski definition) is 1. The van der Waals surface area contributed by atoms with Crippen LogP contribution < -0.4 is 24.8 Å². The molecular formula is C28H58Cl2N2O3Ti. The number of unbranched alkanes of at least 4 members (excludes halogenated alkanes) is 14. The van der Waals surface area contributed by atoms with E-state index in [0.717, 1.165) is 38.5 Å². The van der Waals surface area contributed by atoms with Gasteiger partial charge < -0.3 is 51.0 Å². The van der Waals surface area contributed by atoms with Gasteiger partial charge in [0.25, 0.3) is 0 Å². The number of amides is 2. The molecule has 0 aromatic heterocycles. The van der Waals surface area contributed by atoms with Crippen molar-refractivity contribution in [1.29, 1.82) is 0 Å². The van der Waals surface area contributed by atoms with Gasteiger partial charge in [-0.25, -0.2) is 0 Å². The van der Waals surface area contributed by atoms with Gasteiger partial charge in [-0.3, -0.25) is 0 Å². The van der Waals surface area contributed by atoms with Crippen molar-refractivity contribution in [1.82, 2.24) is 0 Å². The molecule has 0 aliphatic rings. The Bertz CT molecular complexity index is 403. The Morgan fingerprint density at radius 2 is 0.972 bits per heavy atom. The van der Waals surface area contributed by atoms with Crippen molar-refractivity contribution in [3.63, 3.8) is 0 Å². The Hall–Kier alpha value is 0.194. The molecule has 0 aliphatic carbocycles. The van der Waals surface area contributed by atoms with E-state index < -0.39 is 5.91 Å². The van der Waals surface area contributed by atoms with Crippen LogP contribution >= 0.6 is 0 Å². The summed E-state index contributed by atoms with van der Waals surface area (Å²) in [6.45, 7) is 8.94. The number of rotatable bonds is 21. The summed E-state index contributed by atoms with van der Waals surface area (Å²) in [5, 5.41) is 8.29.